The van der Waals surface area contributed by atoms with Crippen LogP contribution in [0.1, 0.15) is 37.3 Å². The maximum absolute atomic E-state index is 5.59. The quantitative estimate of drug-likeness (QED) is 0.765. The summed E-state index contributed by atoms with van der Waals surface area (Å²) < 4.78 is 7.70. The molecule has 0 fully saturated rings. The minimum Gasteiger partial charge on any atom is -0.465 e. The Labute approximate surface area is 108 Å². The topological polar surface area (TPSA) is 43.0 Å². The van der Waals surface area contributed by atoms with Crippen LogP contribution in [0.15, 0.2) is 35.3 Å². The van der Waals surface area contributed by atoms with Crippen LogP contribution in [-0.2, 0) is 6.54 Å². The molecule has 0 saturated carbocycles. The monoisotopic (exact) mass is 247 g/mol. The van der Waals surface area contributed by atoms with Gasteiger partial charge in [0.25, 0.3) is 0 Å². The van der Waals surface area contributed by atoms with Gasteiger partial charge in [-0.05, 0) is 45.4 Å². The number of nitrogens with zero attached hydrogens (tertiary/aromatic N) is 2. The summed E-state index contributed by atoms with van der Waals surface area (Å²) in [6, 6.07) is 4.33. The van der Waals surface area contributed by atoms with Crippen molar-refractivity contribution >= 4 is 0 Å². The van der Waals surface area contributed by atoms with Gasteiger partial charge < -0.3 is 14.3 Å². The standard InChI is InChI=1S/C14H21N3O/c1-12-5-6-14(18-12)13(2)16-7-3-4-9-17-10-8-15-11-17/h5-6,8,10-11,13,16H,3-4,7,9H2,1-2H3. The SMILES string of the molecule is Cc1ccc(C(C)NCCCCn2ccnc2)o1. The molecule has 0 amide bonds. The van der Waals surface area contributed by atoms with Gasteiger partial charge in [0.1, 0.15) is 11.5 Å². The van der Waals surface area contributed by atoms with Crippen molar-refractivity contribution in [1.82, 2.24) is 14.9 Å². The van der Waals surface area contributed by atoms with Crippen molar-refractivity contribution in [3.05, 3.63) is 42.4 Å². The van der Waals surface area contributed by atoms with Crippen molar-refractivity contribution < 1.29 is 4.42 Å². The predicted octanol–water partition coefficient (Wildman–Crippen LogP) is 2.92. The van der Waals surface area contributed by atoms with Crippen molar-refractivity contribution in [1.29, 1.82) is 0 Å². The Bertz CT molecular complexity index is 447. The number of hydrogen-bond donors (Lipinski definition) is 1. The van der Waals surface area contributed by atoms with Crippen LogP contribution in [-0.4, -0.2) is 16.1 Å². The maximum Gasteiger partial charge on any atom is 0.120 e. The molecular formula is C14H21N3O. The molecule has 2 heterocycles. The van der Waals surface area contributed by atoms with Gasteiger partial charge in [0, 0.05) is 18.9 Å². The summed E-state index contributed by atoms with van der Waals surface area (Å²) >= 11 is 0. The van der Waals surface area contributed by atoms with E-state index in [1.807, 2.05) is 37.8 Å². The fourth-order valence-corrected chi connectivity index (χ4v) is 1.94. The number of imidazole rings is 1. The van der Waals surface area contributed by atoms with E-state index in [2.05, 4.69) is 21.8 Å². The van der Waals surface area contributed by atoms with Crippen LogP contribution in [0, 0.1) is 6.92 Å². The molecule has 2 aromatic heterocycles. The number of aromatic nitrogens is 2. The average Bonchev–Trinajstić information content (AvgIpc) is 2.99. The molecule has 0 aromatic carbocycles. The third kappa shape index (κ3) is 3.74. The predicted molar refractivity (Wildman–Crippen MR) is 71.3 cm³/mol. The lowest BCUT2D eigenvalue weighted by atomic mass is 10.2. The smallest absolute Gasteiger partial charge is 0.120 e. The van der Waals surface area contributed by atoms with Gasteiger partial charge in [-0.2, -0.15) is 0 Å². The van der Waals surface area contributed by atoms with Crippen molar-refractivity contribution in [2.24, 2.45) is 0 Å². The molecule has 1 atom stereocenters. The highest BCUT2D eigenvalue weighted by Crippen LogP contribution is 2.15. The van der Waals surface area contributed by atoms with Gasteiger partial charge in [-0.15, -0.1) is 0 Å². The normalized spacial score (nSPS) is 12.8. The zero-order chi connectivity index (χ0) is 12.8. The third-order valence-electron chi connectivity index (χ3n) is 3.04. The van der Waals surface area contributed by atoms with Gasteiger partial charge in [-0.25, -0.2) is 4.98 Å². The Morgan fingerprint density at radius 3 is 2.94 bits per heavy atom. The van der Waals surface area contributed by atoms with Crippen LogP contribution < -0.4 is 5.32 Å². The lowest BCUT2D eigenvalue weighted by Crippen LogP contribution is -2.19. The molecule has 2 rings (SSSR count). The molecule has 1 N–H and O–H groups in total. The number of aryl methyl sites for hydroxylation is 2. The number of nitrogens with one attached hydrogen (secondary N) is 1. The molecular weight excluding hydrogens is 226 g/mol. The van der Waals surface area contributed by atoms with Crippen LogP contribution in [0.25, 0.3) is 0 Å². The second-order valence-corrected chi connectivity index (χ2v) is 4.63. The van der Waals surface area contributed by atoms with E-state index in [4.69, 9.17) is 4.42 Å². The molecule has 4 nitrogen and oxygen atoms in total. The summed E-state index contributed by atoms with van der Waals surface area (Å²) in [6.07, 6.45) is 8.00. The number of unbranched alkanes of at least 4 members (excludes halogenated alkanes) is 1. The summed E-state index contributed by atoms with van der Waals surface area (Å²) in [7, 11) is 0. The number of rotatable bonds is 7. The second-order valence-electron chi connectivity index (χ2n) is 4.63. The number of hydrogen-bond acceptors (Lipinski definition) is 3. The van der Waals surface area contributed by atoms with Crippen molar-refractivity contribution in [2.75, 3.05) is 6.54 Å². The summed E-state index contributed by atoms with van der Waals surface area (Å²) in [5.74, 6) is 1.99. The highest BCUT2D eigenvalue weighted by molar-refractivity contribution is 5.08. The van der Waals surface area contributed by atoms with Gasteiger partial charge in [0.15, 0.2) is 0 Å². The Morgan fingerprint density at radius 1 is 1.39 bits per heavy atom. The zero-order valence-electron chi connectivity index (χ0n) is 11.1. The molecule has 2 aromatic rings. The molecule has 1 unspecified atom stereocenters. The average molecular weight is 247 g/mol. The minimum absolute atomic E-state index is 0.284. The first kappa shape index (κ1) is 12.9. The summed E-state index contributed by atoms with van der Waals surface area (Å²) in [5.41, 5.74) is 0. The van der Waals surface area contributed by atoms with Crippen LogP contribution in [0.2, 0.25) is 0 Å². The molecule has 0 spiro atoms. The molecule has 0 saturated heterocycles. The maximum atomic E-state index is 5.59. The van der Waals surface area contributed by atoms with Gasteiger partial charge >= 0.3 is 0 Å². The van der Waals surface area contributed by atoms with Gasteiger partial charge in [-0.3, -0.25) is 0 Å². The second kappa shape index (κ2) is 6.40. The number of furan rings is 1. The van der Waals surface area contributed by atoms with E-state index in [9.17, 15) is 0 Å². The molecule has 98 valence electrons. The van der Waals surface area contributed by atoms with Crippen molar-refractivity contribution in [3.8, 4) is 0 Å². The minimum atomic E-state index is 0.284. The van der Waals surface area contributed by atoms with Gasteiger partial charge in [0.2, 0.25) is 0 Å². The van der Waals surface area contributed by atoms with E-state index >= 15 is 0 Å². The fraction of sp³-hybridized carbons (Fsp3) is 0.500. The van der Waals surface area contributed by atoms with Crippen molar-refractivity contribution in [3.63, 3.8) is 0 Å². The first-order chi connectivity index (χ1) is 8.75. The van der Waals surface area contributed by atoms with Gasteiger partial charge in [0.05, 0.1) is 12.4 Å². The molecule has 0 aliphatic heterocycles. The Balaban J connectivity index is 1.60. The Hall–Kier alpha value is -1.55. The molecule has 0 aliphatic rings. The highest BCUT2D eigenvalue weighted by atomic mass is 16.3. The van der Waals surface area contributed by atoms with Crippen LogP contribution in [0.4, 0.5) is 0 Å². The molecule has 0 bridgehead atoms. The molecule has 0 aliphatic carbocycles. The first-order valence-electron chi connectivity index (χ1n) is 6.51. The largest absolute Gasteiger partial charge is 0.465 e. The Morgan fingerprint density at radius 2 is 2.28 bits per heavy atom. The lowest BCUT2D eigenvalue weighted by molar-refractivity contribution is 0.411. The van der Waals surface area contributed by atoms with Gasteiger partial charge in [-0.1, -0.05) is 0 Å². The lowest BCUT2D eigenvalue weighted by Gasteiger charge is -2.11. The van der Waals surface area contributed by atoms with Crippen molar-refractivity contribution in [2.45, 2.75) is 39.3 Å². The van der Waals surface area contributed by atoms with E-state index in [0.29, 0.717) is 0 Å². The van der Waals surface area contributed by atoms with E-state index in [0.717, 1.165) is 37.5 Å². The summed E-state index contributed by atoms with van der Waals surface area (Å²) in [4.78, 5) is 4.03. The van der Waals surface area contributed by atoms with E-state index in [1.54, 1.807) is 0 Å². The van der Waals surface area contributed by atoms with E-state index in [1.165, 1.54) is 0 Å². The first-order valence-corrected chi connectivity index (χ1v) is 6.51. The van der Waals surface area contributed by atoms with E-state index < -0.39 is 0 Å². The fourth-order valence-electron chi connectivity index (χ4n) is 1.94. The van der Waals surface area contributed by atoms with Crippen LogP contribution >= 0.6 is 0 Å². The molecule has 4 heteroatoms. The summed E-state index contributed by atoms with van der Waals surface area (Å²) in [6.45, 7) is 6.15. The van der Waals surface area contributed by atoms with Crippen LogP contribution in [0.3, 0.4) is 0 Å². The Kier molecular flexibility index (Phi) is 4.59. The zero-order valence-corrected chi connectivity index (χ0v) is 11.1. The molecule has 0 radical (unpaired) electrons. The molecule has 18 heavy (non-hydrogen) atoms. The van der Waals surface area contributed by atoms with E-state index in [-0.39, 0.29) is 6.04 Å². The highest BCUT2D eigenvalue weighted by Gasteiger charge is 2.07. The summed E-state index contributed by atoms with van der Waals surface area (Å²) in [5, 5.41) is 3.47. The third-order valence-corrected chi connectivity index (χ3v) is 3.04. The van der Waals surface area contributed by atoms with Crippen LogP contribution in [0.5, 0.6) is 0 Å².